The monoisotopic (exact) mass is 233 g/mol. The van der Waals surface area contributed by atoms with Gasteiger partial charge in [0.2, 0.25) is 0 Å². The predicted molar refractivity (Wildman–Crippen MR) is 64.5 cm³/mol. The first-order chi connectivity index (χ1) is 7.83. The lowest BCUT2D eigenvalue weighted by Crippen LogP contribution is -2.02. The van der Waals surface area contributed by atoms with Gasteiger partial charge in [0, 0.05) is 18.8 Å². The topological polar surface area (TPSA) is 68.9 Å². The summed E-state index contributed by atoms with van der Waals surface area (Å²) in [6, 6.07) is 7.85. The zero-order chi connectivity index (χ0) is 11.4. The normalized spacial score (nSPS) is 10.2. The molecular formula is C11H11N3OS. The van der Waals surface area contributed by atoms with Crippen molar-refractivity contribution in [2.75, 3.05) is 18.5 Å². The van der Waals surface area contributed by atoms with Gasteiger partial charge in [-0.15, -0.1) is 11.3 Å². The summed E-state index contributed by atoms with van der Waals surface area (Å²) < 4.78 is 1.01. The van der Waals surface area contributed by atoms with E-state index in [9.17, 15) is 0 Å². The standard InChI is InChI=1S/C11H11N3OS/c12-7-11-14-9-3-2-8(6-10(9)16-11)13-4-1-5-15/h2-3,6,13,15H,1,4-5H2. The fourth-order valence-corrected chi connectivity index (χ4v) is 2.20. The molecule has 0 bridgehead atoms. The second kappa shape index (κ2) is 4.92. The van der Waals surface area contributed by atoms with Gasteiger partial charge in [-0.1, -0.05) is 0 Å². The third-order valence-corrected chi connectivity index (χ3v) is 3.07. The summed E-state index contributed by atoms with van der Waals surface area (Å²) in [5.41, 5.74) is 1.85. The molecule has 82 valence electrons. The molecule has 2 rings (SSSR count). The van der Waals surface area contributed by atoms with Crippen LogP contribution in [0, 0.1) is 11.3 Å². The zero-order valence-electron chi connectivity index (χ0n) is 8.60. The van der Waals surface area contributed by atoms with Gasteiger partial charge < -0.3 is 10.4 Å². The summed E-state index contributed by atoms with van der Waals surface area (Å²) in [5, 5.41) is 21.1. The Kier molecular flexibility index (Phi) is 3.34. The van der Waals surface area contributed by atoms with E-state index in [2.05, 4.69) is 10.3 Å². The Morgan fingerprint density at radius 3 is 3.12 bits per heavy atom. The average Bonchev–Trinajstić information content (AvgIpc) is 2.71. The van der Waals surface area contributed by atoms with Crippen molar-refractivity contribution in [2.24, 2.45) is 0 Å². The summed E-state index contributed by atoms with van der Waals surface area (Å²) in [7, 11) is 0. The number of benzene rings is 1. The molecule has 5 heteroatoms. The summed E-state index contributed by atoms with van der Waals surface area (Å²) in [6.45, 7) is 0.931. The van der Waals surface area contributed by atoms with Crippen LogP contribution in [-0.2, 0) is 0 Å². The second-order valence-corrected chi connectivity index (χ2v) is 4.35. The number of fused-ring (bicyclic) bond motifs is 1. The van der Waals surface area contributed by atoms with Crippen LogP contribution < -0.4 is 5.32 Å². The molecule has 0 aliphatic carbocycles. The largest absolute Gasteiger partial charge is 0.396 e. The Morgan fingerprint density at radius 2 is 2.38 bits per heavy atom. The molecule has 0 saturated carbocycles. The van der Waals surface area contributed by atoms with Gasteiger partial charge in [0.05, 0.1) is 10.2 Å². The molecule has 16 heavy (non-hydrogen) atoms. The lowest BCUT2D eigenvalue weighted by Gasteiger charge is -2.04. The van der Waals surface area contributed by atoms with Crippen LogP contribution >= 0.6 is 11.3 Å². The molecule has 1 aromatic heterocycles. The van der Waals surface area contributed by atoms with E-state index in [4.69, 9.17) is 10.4 Å². The van der Waals surface area contributed by atoms with Gasteiger partial charge in [0.15, 0.2) is 5.01 Å². The van der Waals surface area contributed by atoms with Crippen LogP contribution in [-0.4, -0.2) is 23.2 Å². The maximum absolute atomic E-state index is 8.74. The van der Waals surface area contributed by atoms with Crippen molar-refractivity contribution in [1.29, 1.82) is 5.26 Å². The first-order valence-corrected chi connectivity index (χ1v) is 5.80. The Hall–Kier alpha value is -1.64. The van der Waals surface area contributed by atoms with Crippen molar-refractivity contribution in [3.05, 3.63) is 23.2 Å². The summed E-state index contributed by atoms with van der Waals surface area (Å²) in [6.07, 6.45) is 0.726. The molecule has 0 spiro atoms. The molecule has 4 nitrogen and oxygen atoms in total. The number of nitrogens with one attached hydrogen (secondary N) is 1. The van der Waals surface area contributed by atoms with E-state index in [-0.39, 0.29) is 6.61 Å². The fourth-order valence-electron chi connectivity index (χ4n) is 1.39. The van der Waals surface area contributed by atoms with Crippen molar-refractivity contribution in [2.45, 2.75) is 6.42 Å². The molecular weight excluding hydrogens is 222 g/mol. The van der Waals surface area contributed by atoms with Crippen LogP contribution in [0.1, 0.15) is 11.4 Å². The minimum absolute atomic E-state index is 0.189. The number of aliphatic hydroxyl groups is 1. The molecule has 1 aromatic carbocycles. The first-order valence-electron chi connectivity index (χ1n) is 4.99. The minimum Gasteiger partial charge on any atom is -0.396 e. The number of aromatic nitrogens is 1. The SMILES string of the molecule is N#Cc1nc2ccc(NCCCO)cc2s1. The fraction of sp³-hybridized carbons (Fsp3) is 0.273. The predicted octanol–water partition coefficient (Wildman–Crippen LogP) is 1.96. The highest BCUT2D eigenvalue weighted by Crippen LogP contribution is 2.24. The first kappa shape index (κ1) is 10.9. The van der Waals surface area contributed by atoms with Crippen molar-refractivity contribution in [3.63, 3.8) is 0 Å². The van der Waals surface area contributed by atoms with E-state index in [1.165, 1.54) is 11.3 Å². The van der Waals surface area contributed by atoms with Crippen LogP contribution in [0.3, 0.4) is 0 Å². The third kappa shape index (κ3) is 2.30. The lowest BCUT2D eigenvalue weighted by molar-refractivity contribution is 0.292. The van der Waals surface area contributed by atoms with Crippen LogP contribution in [0.2, 0.25) is 0 Å². The summed E-state index contributed by atoms with van der Waals surface area (Å²) in [4.78, 5) is 4.16. The average molecular weight is 233 g/mol. The van der Waals surface area contributed by atoms with E-state index >= 15 is 0 Å². The molecule has 0 atom stereocenters. The molecule has 0 aliphatic heterocycles. The van der Waals surface area contributed by atoms with Gasteiger partial charge in [-0.2, -0.15) is 5.26 Å². The number of thiazole rings is 1. The smallest absolute Gasteiger partial charge is 0.195 e. The Bertz CT molecular complexity index is 529. The number of hydrogen-bond acceptors (Lipinski definition) is 5. The highest BCUT2D eigenvalue weighted by Gasteiger charge is 2.03. The van der Waals surface area contributed by atoms with Crippen LogP contribution in [0.5, 0.6) is 0 Å². The summed E-state index contributed by atoms with van der Waals surface area (Å²) in [5.74, 6) is 0. The number of rotatable bonds is 4. The van der Waals surface area contributed by atoms with Crippen molar-refractivity contribution in [1.82, 2.24) is 4.98 Å². The molecule has 0 fully saturated rings. The molecule has 2 aromatic rings. The highest BCUT2D eigenvalue weighted by atomic mass is 32.1. The maximum atomic E-state index is 8.74. The van der Waals surface area contributed by atoms with E-state index in [1.54, 1.807) is 0 Å². The molecule has 2 N–H and O–H groups in total. The summed E-state index contributed by atoms with van der Waals surface area (Å²) >= 11 is 1.39. The molecule has 0 saturated heterocycles. The van der Waals surface area contributed by atoms with Crippen LogP contribution in [0.15, 0.2) is 18.2 Å². The van der Waals surface area contributed by atoms with Gasteiger partial charge in [0.1, 0.15) is 6.07 Å². The van der Waals surface area contributed by atoms with Gasteiger partial charge >= 0.3 is 0 Å². The number of hydrogen-bond donors (Lipinski definition) is 2. The van der Waals surface area contributed by atoms with Crippen molar-refractivity contribution >= 4 is 27.2 Å². The minimum atomic E-state index is 0.189. The number of anilines is 1. The molecule has 1 heterocycles. The van der Waals surface area contributed by atoms with E-state index in [1.807, 2.05) is 24.3 Å². The Labute approximate surface area is 97.2 Å². The van der Waals surface area contributed by atoms with Gasteiger partial charge in [-0.05, 0) is 24.6 Å². The van der Waals surface area contributed by atoms with E-state index in [0.717, 1.165) is 28.9 Å². The number of nitriles is 1. The van der Waals surface area contributed by atoms with Gasteiger partial charge in [-0.3, -0.25) is 0 Å². The second-order valence-electron chi connectivity index (χ2n) is 3.32. The van der Waals surface area contributed by atoms with Crippen molar-refractivity contribution < 1.29 is 5.11 Å². The zero-order valence-corrected chi connectivity index (χ0v) is 9.42. The lowest BCUT2D eigenvalue weighted by atomic mass is 10.3. The Morgan fingerprint density at radius 1 is 1.50 bits per heavy atom. The third-order valence-electron chi connectivity index (χ3n) is 2.15. The quantitative estimate of drug-likeness (QED) is 0.792. The Balaban J connectivity index is 2.19. The van der Waals surface area contributed by atoms with Gasteiger partial charge in [0.25, 0.3) is 0 Å². The maximum Gasteiger partial charge on any atom is 0.195 e. The number of aliphatic hydroxyl groups excluding tert-OH is 1. The van der Waals surface area contributed by atoms with Crippen LogP contribution in [0.4, 0.5) is 5.69 Å². The molecule has 0 unspecified atom stereocenters. The van der Waals surface area contributed by atoms with Gasteiger partial charge in [-0.25, -0.2) is 4.98 Å². The molecule has 0 amide bonds. The molecule has 0 radical (unpaired) electrons. The van der Waals surface area contributed by atoms with Crippen LogP contribution in [0.25, 0.3) is 10.2 Å². The van der Waals surface area contributed by atoms with Crippen molar-refractivity contribution in [3.8, 4) is 6.07 Å². The van der Waals surface area contributed by atoms with E-state index in [0.29, 0.717) is 5.01 Å². The molecule has 0 aliphatic rings. The number of nitrogens with zero attached hydrogens (tertiary/aromatic N) is 2. The highest BCUT2D eigenvalue weighted by molar-refractivity contribution is 7.19. The van der Waals surface area contributed by atoms with E-state index < -0.39 is 0 Å².